The van der Waals surface area contributed by atoms with Gasteiger partial charge in [0.2, 0.25) is 29.0 Å². The lowest BCUT2D eigenvalue weighted by Crippen LogP contribution is -2.51. The number of benzene rings is 3. The number of halogens is 2. The third kappa shape index (κ3) is 2.66. The number of fused-ring (bicyclic) bond motifs is 3. The van der Waals surface area contributed by atoms with Crippen LogP contribution in [0.1, 0.15) is 32.4 Å². The van der Waals surface area contributed by atoms with E-state index in [1.165, 1.54) is 0 Å². The summed E-state index contributed by atoms with van der Waals surface area (Å²) >= 11 is 9.79. The van der Waals surface area contributed by atoms with Crippen LogP contribution in [0.15, 0.2) is 77.3 Å². The average molecular weight is 537 g/mol. The first-order chi connectivity index (χ1) is 16.4. The molecule has 0 bridgehead atoms. The molecule has 6 rings (SSSR count). The molecule has 8 heteroatoms. The molecule has 3 atom stereocenters. The van der Waals surface area contributed by atoms with Gasteiger partial charge >= 0.3 is 0 Å². The Bertz CT molecular complexity index is 1380. The van der Waals surface area contributed by atoms with Crippen LogP contribution in [0.3, 0.4) is 0 Å². The minimum atomic E-state index is -2.12. The third-order valence-corrected chi connectivity index (χ3v) is 7.69. The zero-order chi connectivity index (χ0) is 23.8. The van der Waals surface area contributed by atoms with E-state index in [0.717, 1.165) is 9.37 Å². The molecule has 2 amide bonds. The Hall–Kier alpha value is -3.13. The Labute approximate surface area is 207 Å². The summed E-state index contributed by atoms with van der Waals surface area (Å²) in [7, 11) is 0. The lowest BCUT2D eigenvalue weighted by atomic mass is 9.77. The van der Waals surface area contributed by atoms with E-state index in [4.69, 9.17) is 16.3 Å². The largest absolute Gasteiger partial charge is 0.349 e. The van der Waals surface area contributed by atoms with Crippen molar-refractivity contribution in [3.63, 3.8) is 0 Å². The Kier molecular flexibility index (Phi) is 4.68. The van der Waals surface area contributed by atoms with Gasteiger partial charge in [0, 0.05) is 26.2 Å². The van der Waals surface area contributed by atoms with Crippen molar-refractivity contribution in [2.75, 3.05) is 4.90 Å². The standard InChI is InChI=1S/C26H15BrClNO5/c27-13-9-11-14(12-10-13)29-24(32)19-20(25(29)33)26(34-21(19)17-7-3-4-8-18(17)28)22(30)15-5-1-2-6-16(15)23(26)31/h1-12,19-21H/t19-,20-,21+/m0/s1. The van der Waals surface area contributed by atoms with E-state index in [0.29, 0.717) is 16.3 Å². The van der Waals surface area contributed by atoms with E-state index in [1.54, 1.807) is 72.8 Å². The maximum atomic E-state index is 13.8. The van der Waals surface area contributed by atoms with Crippen molar-refractivity contribution < 1.29 is 23.9 Å². The van der Waals surface area contributed by atoms with Gasteiger partial charge in [-0.15, -0.1) is 0 Å². The molecule has 3 aromatic carbocycles. The van der Waals surface area contributed by atoms with Crippen LogP contribution < -0.4 is 4.90 Å². The van der Waals surface area contributed by atoms with Gasteiger partial charge in [0.15, 0.2) is 0 Å². The fourth-order valence-corrected chi connectivity index (χ4v) is 5.86. The average Bonchev–Trinajstić information content (AvgIpc) is 3.40. The summed E-state index contributed by atoms with van der Waals surface area (Å²) in [6.07, 6.45) is -1.04. The van der Waals surface area contributed by atoms with Crippen molar-refractivity contribution in [2.24, 2.45) is 11.8 Å². The number of nitrogens with zero attached hydrogens (tertiary/aromatic N) is 1. The van der Waals surface area contributed by atoms with E-state index in [-0.39, 0.29) is 11.1 Å². The number of ether oxygens (including phenoxy) is 1. The van der Waals surface area contributed by atoms with E-state index < -0.39 is 46.9 Å². The number of imide groups is 1. The van der Waals surface area contributed by atoms with Gasteiger partial charge < -0.3 is 4.74 Å². The summed E-state index contributed by atoms with van der Waals surface area (Å²) < 4.78 is 7.01. The summed E-state index contributed by atoms with van der Waals surface area (Å²) in [6, 6.07) is 19.8. The molecular formula is C26H15BrClNO5. The van der Waals surface area contributed by atoms with Crippen molar-refractivity contribution >= 4 is 56.6 Å². The molecule has 3 aromatic rings. The SMILES string of the molecule is O=C1[C@@H]2[C@@H](c3ccccc3Cl)OC3(C(=O)c4ccccc4C3=O)[C@@H]2C(=O)N1c1ccc(Br)cc1. The first kappa shape index (κ1) is 21.4. The van der Waals surface area contributed by atoms with Crippen LogP contribution in [0.25, 0.3) is 0 Å². The van der Waals surface area contributed by atoms with Crippen molar-refractivity contribution in [2.45, 2.75) is 11.7 Å². The highest BCUT2D eigenvalue weighted by Gasteiger charge is 2.74. The number of carbonyl (C=O) groups excluding carboxylic acids is 4. The van der Waals surface area contributed by atoms with Crippen LogP contribution >= 0.6 is 27.5 Å². The number of hydrogen-bond donors (Lipinski definition) is 0. The maximum absolute atomic E-state index is 13.8. The quantitative estimate of drug-likeness (QED) is 0.347. The van der Waals surface area contributed by atoms with E-state index >= 15 is 0 Å². The van der Waals surface area contributed by atoms with Gasteiger partial charge in [-0.3, -0.25) is 19.2 Å². The predicted octanol–water partition coefficient (Wildman–Crippen LogP) is 4.80. The molecule has 34 heavy (non-hydrogen) atoms. The molecule has 1 spiro atoms. The number of anilines is 1. The molecule has 0 radical (unpaired) electrons. The van der Waals surface area contributed by atoms with Gasteiger partial charge in [0.1, 0.15) is 0 Å². The molecule has 0 aromatic heterocycles. The molecule has 168 valence electrons. The molecule has 2 fully saturated rings. The minimum Gasteiger partial charge on any atom is -0.349 e. The number of Topliss-reactive ketones (excluding diaryl/α,β-unsaturated/α-hetero) is 2. The number of ketones is 2. The van der Waals surface area contributed by atoms with E-state index in [9.17, 15) is 19.2 Å². The highest BCUT2D eigenvalue weighted by Crippen LogP contribution is 2.58. The Morgan fingerprint density at radius 3 is 2.00 bits per heavy atom. The second kappa shape index (κ2) is 7.43. The number of amides is 2. The molecule has 2 aliphatic heterocycles. The molecule has 3 aliphatic rings. The normalized spacial score (nSPS) is 24.8. The van der Waals surface area contributed by atoms with E-state index in [1.807, 2.05) is 0 Å². The summed E-state index contributed by atoms with van der Waals surface area (Å²) in [5.74, 6) is -4.76. The molecule has 2 saturated heterocycles. The highest BCUT2D eigenvalue weighted by molar-refractivity contribution is 9.10. The molecular weight excluding hydrogens is 522 g/mol. The molecule has 2 heterocycles. The minimum absolute atomic E-state index is 0.188. The summed E-state index contributed by atoms with van der Waals surface area (Å²) in [5, 5.41) is 0.320. The molecule has 0 saturated carbocycles. The van der Waals surface area contributed by atoms with Crippen LogP contribution in [0.5, 0.6) is 0 Å². The zero-order valence-electron chi connectivity index (χ0n) is 17.4. The van der Waals surface area contributed by atoms with Crippen molar-refractivity contribution in [1.29, 1.82) is 0 Å². The summed E-state index contributed by atoms with van der Waals surface area (Å²) in [6.45, 7) is 0. The fraction of sp³-hybridized carbons (Fsp3) is 0.154. The number of hydrogen-bond acceptors (Lipinski definition) is 5. The van der Waals surface area contributed by atoms with Gasteiger partial charge in [0.05, 0.1) is 23.6 Å². The van der Waals surface area contributed by atoms with Crippen LogP contribution in [0.4, 0.5) is 5.69 Å². The van der Waals surface area contributed by atoms with Crippen LogP contribution in [0.2, 0.25) is 5.02 Å². The zero-order valence-corrected chi connectivity index (χ0v) is 19.7. The van der Waals surface area contributed by atoms with E-state index in [2.05, 4.69) is 15.9 Å². The van der Waals surface area contributed by atoms with Crippen molar-refractivity contribution in [3.8, 4) is 0 Å². The second-order valence-corrected chi connectivity index (χ2v) is 9.81. The first-order valence-corrected chi connectivity index (χ1v) is 11.8. The molecule has 0 unspecified atom stereocenters. The van der Waals surface area contributed by atoms with Gasteiger partial charge in [0.25, 0.3) is 0 Å². The van der Waals surface area contributed by atoms with Crippen LogP contribution in [-0.2, 0) is 14.3 Å². The highest BCUT2D eigenvalue weighted by atomic mass is 79.9. The summed E-state index contributed by atoms with van der Waals surface area (Å²) in [5.41, 5.74) is -0.932. The van der Waals surface area contributed by atoms with Gasteiger partial charge in [-0.2, -0.15) is 0 Å². The molecule has 1 aliphatic carbocycles. The lowest BCUT2D eigenvalue weighted by Gasteiger charge is -2.27. The van der Waals surface area contributed by atoms with Crippen LogP contribution in [0, 0.1) is 11.8 Å². The predicted molar refractivity (Wildman–Crippen MR) is 127 cm³/mol. The third-order valence-electron chi connectivity index (χ3n) is 6.82. The summed E-state index contributed by atoms with van der Waals surface area (Å²) in [4.78, 5) is 56.0. The fourth-order valence-electron chi connectivity index (χ4n) is 5.35. The first-order valence-electron chi connectivity index (χ1n) is 10.6. The van der Waals surface area contributed by atoms with Crippen molar-refractivity contribution in [1.82, 2.24) is 0 Å². The number of rotatable bonds is 2. The van der Waals surface area contributed by atoms with Crippen LogP contribution in [-0.4, -0.2) is 29.0 Å². The topological polar surface area (TPSA) is 80.8 Å². The molecule has 0 N–H and O–H groups in total. The number of carbonyl (C=O) groups is 4. The second-order valence-electron chi connectivity index (χ2n) is 8.49. The smallest absolute Gasteiger partial charge is 0.241 e. The van der Waals surface area contributed by atoms with Gasteiger partial charge in [-0.05, 0) is 30.3 Å². The van der Waals surface area contributed by atoms with Gasteiger partial charge in [-0.25, -0.2) is 4.90 Å². The van der Waals surface area contributed by atoms with Crippen molar-refractivity contribution in [3.05, 3.63) is 99.0 Å². The Morgan fingerprint density at radius 1 is 0.794 bits per heavy atom. The Morgan fingerprint density at radius 2 is 1.38 bits per heavy atom. The maximum Gasteiger partial charge on any atom is 0.241 e. The van der Waals surface area contributed by atoms with Gasteiger partial charge in [-0.1, -0.05) is 70.0 Å². The Balaban J connectivity index is 1.56. The monoisotopic (exact) mass is 535 g/mol. The lowest BCUT2D eigenvalue weighted by molar-refractivity contribution is -0.127. The molecule has 6 nitrogen and oxygen atoms in total.